The molecule has 120 valence electrons. The lowest BCUT2D eigenvalue weighted by atomic mass is 10.2. The van der Waals surface area contributed by atoms with E-state index >= 15 is 0 Å². The molecule has 1 N–H and O–H groups in total. The first-order valence-electron chi connectivity index (χ1n) is 7.17. The maximum atomic E-state index is 12.1. The van der Waals surface area contributed by atoms with Gasteiger partial charge >= 0.3 is 0 Å². The summed E-state index contributed by atoms with van der Waals surface area (Å²) in [6.45, 7) is 4.57. The minimum Gasteiger partial charge on any atom is -0.490 e. The predicted octanol–water partition coefficient (Wildman–Crippen LogP) is 1.13. The van der Waals surface area contributed by atoms with Gasteiger partial charge in [-0.2, -0.15) is 0 Å². The summed E-state index contributed by atoms with van der Waals surface area (Å²) in [5, 5.41) is 11.5. The Balaban J connectivity index is 2.00. The first-order valence-corrected chi connectivity index (χ1v) is 7.17. The van der Waals surface area contributed by atoms with E-state index in [4.69, 9.17) is 19.4 Å². The van der Waals surface area contributed by atoms with E-state index in [1.807, 2.05) is 6.92 Å². The minimum atomic E-state index is -0.0771. The number of morpholine rings is 1. The maximum Gasteiger partial charge on any atom is 0.260 e. The van der Waals surface area contributed by atoms with Crippen LogP contribution in [0.15, 0.2) is 23.4 Å². The van der Waals surface area contributed by atoms with Gasteiger partial charge in [-0.15, -0.1) is 0 Å². The third-order valence-electron chi connectivity index (χ3n) is 3.19. The lowest BCUT2D eigenvalue weighted by Gasteiger charge is -2.26. The highest BCUT2D eigenvalue weighted by Crippen LogP contribution is 2.28. The van der Waals surface area contributed by atoms with Crippen LogP contribution in [0.1, 0.15) is 12.5 Å². The number of carbonyl (C=O) groups is 1. The van der Waals surface area contributed by atoms with E-state index < -0.39 is 0 Å². The maximum absolute atomic E-state index is 12.1. The molecule has 1 fully saturated rings. The van der Waals surface area contributed by atoms with E-state index in [1.54, 1.807) is 23.1 Å². The topological polar surface area (TPSA) is 80.6 Å². The summed E-state index contributed by atoms with van der Waals surface area (Å²) in [7, 11) is 0. The number of benzene rings is 1. The highest BCUT2D eigenvalue weighted by Gasteiger charge is 2.18. The monoisotopic (exact) mass is 308 g/mol. The van der Waals surface area contributed by atoms with Crippen LogP contribution in [0.4, 0.5) is 0 Å². The molecule has 1 aromatic carbocycles. The third kappa shape index (κ3) is 4.36. The van der Waals surface area contributed by atoms with Crippen molar-refractivity contribution in [3.8, 4) is 11.5 Å². The molecule has 1 saturated heterocycles. The summed E-state index contributed by atoms with van der Waals surface area (Å²) >= 11 is 0. The molecule has 1 amide bonds. The van der Waals surface area contributed by atoms with Crippen molar-refractivity contribution in [2.45, 2.75) is 6.92 Å². The molecule has 1 aliphatic heterocycles. The van der Waals surface area contributed by atoms with Gasteiger partial charge in [0.25, 0.3) is 5.91 Å². The van der Waals surface area contributed by atoms with Crippen LogP contribution < -0.4 is 9.47 Å². The van der Waals surface area contributed by atoms with E-state index in [1.165, 1.54) is 6.21 Å². The molecule has 0 bridgehead atoms. The van der Waals surface area contributed by atoms with Gasteiger partial charge in [-0.05, 0) is 25.1 Å². The number of nitrogens with zero attached hydrogens (tertiary/aromatic N) is 2. The molecule has 0 saturated carbocycles. The minimum absolute atomic E-state index is 0.0481. The van der Waals surface area contributed by atoms with E-state index in [-0.39, 0.29) is 12.5 Å². The fraction of sp³-hybridized carbons (Fsp3) is 0.467. The van der Waals surface area contributed by atoms with Crippen LogP contribution in [0.25, 0.3) is 0 Å². The average molecular weight is 308 g/mol. The van der Waals surface area contributed by atoms with E-state index in [0.717, 1.165) is 0 Å². The summed E-state index contributed by atoms with van der Waals surface area (Å²) in [6.07, 6.45) is 1.30. The SMILES string of the molecule is CCOc1cc(C=NO)ccc1OCC(=O)N1CCOCC1. The van der Waals surface area contributed by atoms with Crippen molar-refractivity contribution in [1.82, 2.24) is 4.90 Å². The van der Waals surface area contributed by atoms with E-state index in [2.05, 4.69) is 5.16 Å². The van der Waals surface area contributed by atoms with Crippen molar-refractivity contribution < 1.29 is 24.2 Å². The summed E-state index contributed by atoms with van der Waals surface area (Å²) in [5.41, 5.74) is 0.679. The van der Waals surface area contributed by atoms with Gasteiger partial charge < -0.3 is 24.3 Å². The number of hydrogen-bond acceptors (Lipinski definition) is 6. The molecule has 0 radical (unpaired) electrons. The van der Waals surface area contributed by atoms with Crippen LogP contribution in [-0.2, 0) is 9.53 Å². The highest BCUT2D eigenvalue weighted by molar-refractivity contribution is 5.81. The van der Waals surface area contributed by atoms with E-state index in [0.29, 0.717) is 50.0 Å². The summed E-state index contributed by atoms with van der Waals surface area (Å²) in [4.78, 5) is 13.8. The number of amides is 1. The Morgan fingerprint density at radius 3 is 2.82 bits per heavy atom. The second kappa shape index (κ2) is 8.23. The van der Waals surface area contributed by atoms with Crippen LogP contribution in [0.2, 0.25) is 0 Å². The fourth-order valence-electron chi connectivity index (χ4n) is 2.10. The Labute approximate surface area is 129 Å². The van der Waals surface area contributed by atoms with Gasteiger partial charge in [-0.3, -0.25) is 4.79 Å². The second-order valence-electron chi connectivity index (χ2n) is 4.67. The molecule has 0 atom stereocenters. The van der Waals surface area contributed by atoms with Crippen molar-refractivity contribution in [2.24, 2.45) is 5.16 Å². The number of rotatable bonds is 6. The van der Waals surface area contributed by atoms with Gasteiger partial charge in [-0.25, -0.2) is 0 Å². The van der Waals surface area contributed by atoms with Crippen molar-refractivity contribution in [2.75, 3.05) is 39.5 Å². The standard InChI is InChI=1S/C15H20N2O5/c1-2-21-14-9-12(10-16-19)3-4-13(14)22-11-15(18)17-5-7-20-8-6-17/h3-4,9-10,19H,2,5-8,11H2,1H3. The summed E-state index contributed by atoms with van der Waals surface area (Å²) in [6, 6.07) is 5.10. The molecule has 7 heteroatoms. The van der Waals surface area contributed by atoms with Crippen molar-refractivity contribution in [1.29, 1.82) is 0 Å². The van der Waals surface area contributed by atoms with Gasteiger partial charge in [0.2, 0.25) is 0 Å². The molecule has 7 nitrogen and oxygen atoms in total. The third-order valence-corrected chi connectivity index (χ3v) is 3.19. The Bertz CT molecular complexity index is 527. The van der Waals surface area contributed by atoms with Crippen molar-refractivity contribution in [3.63, 3.8) is 0 Å². The lowest BCUT2D eigenvalue weighted by Crippen LogP contribution is -2.43. The van der Waals surface area contributed by atoms with Crippen LogP contribution in [0, 0.1) is 0 Å². The van der Waals surface area contributed by atoms with Crippen molar-refractivity contribution >= 4 is 12.1 Å². The molecule has 0 aromatic heterocycles. The number of oxime groups is 1. The molecule has 2 rings (SSSR count). The first kappa shape index (κ1) is 16.1. The normalized spacial score (nSPS) is 15.0. The molecular weight excluding hydrogens is 288 g/mol. The molecule has 0 unspecified atom stereocenters. The highest BCUT2D eigenvalue weighted by atomic mass is 16.5. The Hall–Kier alpha value is -2.28. The van der Waals surface area contributed by atoms with E-state index in [9.17, 15) is 4.79 Å². The average Bonchev–Trinajstić information content (AvgIpc) is 2.55. The number of carbonyl (C=O) groups excluding carboxylic acids is 1. The smallest absolute Gasteiger partial charge is 0.260 e. The first-order chi connectivity index (χ1) is 10.7. The zero-order chi connectivity index (χ0) is 15.8. The van der Waals surface area contributed by atoms with Gasteiger partial charge in [0, 0.05) is 18.7 Å². The quantitative estimate of drug-likeness (QED) is 0.484. The Kier molecular flexibility index (Phi) is 6.02. The van der Waals surface area contributed by atoms with Gasteiger partial charge in [0.15, 0.2) is 18.1 Å². The Morgan fingerprint density at radius 2 is 2.14 bits per heavy atom. The number of hydrogen-bond donors (Lipinski definition) is 1. The summed E-state index contributed by atoms with van der Waals surface area (Å²) in [5.74, 6) is 0.917. The second-order valence-corrected chi connectivity index (χ2v) is 4.67. The summed E-state index contributed by atoms with van der Waals surface area (Å²) < 4.78 is 16.3. The lowest BCUT2D eigenvalue weighted by molar-refractivity contribution is -0.137. The van der Waals surface area contributed by atoms with Gasteiger partial charge in [0.1, 0.15) is 0 Å². The zero-order valence-corrected chi connectivity index (χ0v) is 12.5. The van der Waals surface area contributed by atoms with Crippen LogP contribution in [0.5, 0.6) is 11.5 Å². The van der Waals surface area contributed by atoms with Gasteiger partial charge in [-0.1, -0.05) is 5.16 Å². The van der Waals surface area contributed by atoms with Crippen LogP contribution in [-0.4, -0.2) is 61.7 Å². The largest absolute Gasteiger partial charge is 0.490 e. The molecular formula is C15H20N2O5. The molecule has 0 spiro atoms. The van der Waals surface area contributed by atoms with Gasteiger partial charge in [0.05, 0.1) is 26.0 Å². The van der Waals surface area contributed by atoms with Crippen LogP contribution >= 0.6 is 0 Å². The molecule has 22 heavy (non-hydrogen) atoms. The predicted molar refractivity (Wildman–Crippen MR) is 79.9 cm³/mol. The van der Waals surface area contributed by atoms with Crippen molar-refractivity contribution in [3.05, 3.63) is 23.8 Å². The molecule has 1 heterocycles. The molecule has 1 aromatic rings. The number of ether oxygens (including phenoxy) is 3. The zero-order valence-electron chi connectivity index (χ0n) is 12.5. The molecule has 1 aliphatic rings. The fourth-order valence-corrected chi connectivity index (χ4v) is 2.10. The van der Waals surface area contributed by atoms with Crippen LogP contribution in [0.3, 0.4) is 0 Å². The Morgan fingerprint density at radius 1 is 1.36 bits per heavy atom. The molecule has 0 aliphatic carbocycles.